The predicted molar refractivity (Wildman–Crippen MR) is 215 cm³/mol. The minimum absolute atomic E-state index is 1.15. The molecule has 0 saturated heterocycles. The van der Waals surface area contributed by atoms with Gasteiger partial charge in [0, 0.05) is 36.6 Å². The molecule has 230 valence electrons. The Morgan fingerprint density at radius 2 is 0.776 bits per heavy atom. The van der Waals surface area contributed by atoms with Crippen molar-refractivity contribution in [3.63, 3.8) is 0 Å². The van der Waals surface area contributed by atoms with Crippen LogP contribution in [0.3, 0.4) is 0 Å². The van der Waals surface area contributed by atoms with Gasteiger partial charge in [0.2, 0.25) is 0 Å². The van der Waals surface area contributed by atoms with E-state index in [-0.39, 0.29) is 0 Å². The molecule has 8 aromatic carbocycles. The highest BCUT2D eigenvalue weighted by Gasteiger charge is 2.21. The van der Waals surface area contributed by atoms with Crippen molar-refractivity contribution in [3.05, 3.63) is 176 Å². The maximum atomic E-state index is 2.48. The summed E-state index contributed by atoms with van der Waals surface area (Å²) in [7, 11) is 0. The van der Waals surface area contributed by atoms with Crippen LogP contribution in [0.25, 0.3) is 73.4 Å². The molecule has 0 atom stereocenters. The summed E-state index contributed by atoms with van der Waals surface area (Å²) in [5, 5.41) is 7.72. The third-order valence-corrected chi connectivity index (χ3v) is 12.1. The minimum Gasteiger partial charge on any atom is -0.308 e. The largest absolute Gasteiger partial charge is 0.308 e. The van der Waals surface area contributed by atoms with Gasteiger partial charge in [0.1, 0.15) is 0 Å². The molecular formula is C46H29NS2. The molecule has 10 aromatic rings. The van der Waals surface area contributed by atoms with Crippen LogP contribution in [0.4, 0.5) is 17.1 Å². The van der Waals surface area contributed by atoms with Crippen molar-refractivity contribution in [3.8, 4) is 22.3 Å². The smallest absolute Gasteiger partial charge is 0.0640 e. The van der Waals surface area contributed by atoms with Gasteiger partial charge in [-0.25, -0.2) is 0 Å². The van der Waals surface area contributed by atoms with Crippen LogP contribution in [0.5, 0.6) is 0 Å². The summed E-state index contributed by atoms with van der Waals surface area (Å²) >= 11 is 3.76. The lowest BCUT2D eigenvalue weighted by Crippen LogP contribution is -2.10. The lowest BCUT2D eigenvalue weighted by Gasteiger charge is -2.27. The fourth-order valence-electron chi connectivity index (χ4n) is 7.26. The second kappa shape index (κ2) is 11.5. The quantitative estimate of drug-likeness (QED) is 0.178. The van der Waals surface area contributed by atoms with Gasteiger partial charge in [-0.3, -0.25) is 0 Å². The fourth-order valence-corrected chi connectivity index (χ4v) is 9.68. The van der Waals surface area contributed by atoms with E-state index in [0.29, 0.717) is 0 Å². The molecule has 0 amide bonds. The number of benzene rings is 8. The Morgan fingerprint density at radius 1 is 0.327 bits per heavy atom. The number of hydrogen-bond donors (Lipinski definition) is 0. The fraction of sp³-hybridized carbons (Fsp3) is 0. The van der Waals surface area contributed by atoms with Gasteiger partial charge >= 0.3 is 0 Å². The first-order valence-corrected chi connectivity index (χ1v) is 18.2. The molecule has 0 fully saturated rings. The molecule has 0 aliphatic heterocycles. The number of rotatable bonds is 5. The normalized spacial score (nSPS) is 11.7. The van der Waals surface area contributed by atoms with Crippen LogP contribution in [-0.2, 0) is 0 Å². The highest BCUT2D eigenvalue weighted by molar-refractivity contribution is 7.27. The van der Waals surface area contributed by atoms with E-state index in [9.17, 15) is 0 Å². The molecule has 0 bridgehead atoms. The predicted octanol–water partition coefficient (Wildman–Crippen LogP) is 14.4. The molecule has 3 heteroatoms. The van der Waals surface area contributed by atoms with E-state index in [4.69, 9.17) is 0 Å². The third-order valence-electron chi connectivity index (χ3n) is 9.66. The van der Waals surface area contributed by atoms with Gasteiger partial charge < -0.3 is 4.90 Å². The summed E-state index contributed by atoms with van der Waals surface area (Å²) < 4.78 is 5.23. The molecule has 0 radical (unpaired) electrons. The van der Waals surface area contributed by atoms with Gasteiger partial charge in [0.25, 0.3) is 0 Å². The zero-order valence-electron chi connectivity index (χ0n) is 26.5. The van der Waals surface area contributed by atoms with Crippen LogP contribution in [0.15, 0.2) is 176 Å². The van der Waals surface area contributed by atoms with Gasteiger partial charge in [-0.1, -0.05) is 127 Å². The van der Waals surface area contributed by atoms with Crippen LogP contribution in [-0.4, -0.2) is 0 Å². The molecule has 49 heavy (non-hydrogen) atoms. The zero-order chi connectivity index (χ0) is 32.3. The molecule has 0 aliphatic carbocycles. The van der Waals surface area contributed by atoms with Crippen molar-refractivity contribution in [2.45, 2.75) is 0 Å². The van der Waals surface area contributed by atoms with Crippen molar-refractivity contribution in [1.29, 1.82) is 0 Å². The highest BCUT2D eigenvalue weighted by Crippen LogP contribution is 2.48. The van der Waals surface area contributed by atoms with Crippen molar-refractivity contribution in [2.24, 2.45) is 0 Å². The van der Waals surface area contributed by atoms with Crippen molar-refractivity contribution < 1.29 is 0 Å². The van der Waals surface area contributed by atoms with Crippen LogP contribution < -0.4 is 4.90 Å². The van der Waals surface area contributed by atoms with E-state index in [1.54, 1.807) is 0 Å². The summed E-state index contributed by atoms with van der Waals surface area (Å²) in [6.45, 7) is 0. The second-order valence-corrected chi connectivity index (χ2v) is 14.6. The van der Waals surface area contributed by atoms with E-state index in [2.05, 4.69) is 181 Å². The number of anilines is 3. The van der Waals surface area contributed by atoms with E-state index < -0.39 is 0 Å². The second-order valence-electron chi connectivity index (χ2n) is 12.5. The topological polar surface area (TPSA) is 3.24 Å². The van der Waals surface area contributed by atoms with Crippen LogP contribution >= 0.6 is 22.7 Å². The van der Waals surface area contributed by atoms with E-state index in [1.807, 2.05) is 22.7 Å². The average Bonchev–Trinajstić information content (AvgIpc) is 3.75. The van der Waals surface area contributed by atoms with Crippen LogP contribution in [0.1, 0.15) is 0 Å². The van der Waals surface area contributed by atoms with Gasteiger partial charge in [0.05, 0.1) is 20.8 Å². The summed E-state index contributed by atoms with van der Waals surface area (Å²) in [6, 6.07) is 64.4. The lowest BCUT2D eigenvalue weighted by molar-refractivity contribution is 1.32. The van der Waals surface area contributed by atoms with Crippen molar-refractivity contribution in [2.75, 3.05) is 4.90 Å². The Balaban J connectivity index is 1.12. The molecule has 10 rings (SSSR count). The first-order chi connectivity index (χ1) is 24.3. The Labute approximate surface area is 292 Å². The van der Waals surface area contributed by atoms with Crippen LogP contribution in [0.2, 0.25) is 0 Å². The van der Waals surface area contributed by atoms with Gasteiger partial charge in [-0.05, 0) is 81.6 Å². The lowest BCUT2D eigenvalue weighted by atomic mass is 9.97. The van der Waals surface area contributed by atoms with E-state index in [0.717, 1.165) is 5.69 Å². The Morgan fingerprint density at radius 3 is 1.33 bits per heavy atom. The number of thiophene rings is 2. The minimum atomic E-state index is 1.15. The van der Waals surface area contributed by atoms with Gasteiger partial charge in [-0.15, -0.1) is 22.7 Å². The highest BCUT2D eigenvalue weighted by atomic mass is 32.1. The Hall–Kier alpha value is -5.74. The molecule has 2 heterocycles. The SMILES string of the molecule is c1ccc(-c2ccc3cc(-c4ccc(N(c5cccc6c5sc5ccccc56)c5cccc6c5sc5ccccc56)cc4)ccc3c2)cc1. The summed E-state index contributed by atoms with van der Waals surface area (Å²) in [5.41, 5.74) is 8.47. The first kappa shape index (κ1) is 28.3. The van der Waals surface area contributed by atoms with Gasteiger partial charge in [-0.2, -0.15) is 0 Å². The molecule has 0 spiro atoms. The maximum absolute atomic E-state index is 2.48. The Bertz CT molecular complexity index is 2710. The molecule has 0 N–H and O–H groups in total. The molecule has 0 aliphatic rings. The summed E-state index contributed by atoms with van der Waals surface area (Å²) in [6.07, 6.45) is 0. The molecule has 0 saturated carbocycles. The zero-order valence-corrected chi connectivity index (χ0v) is 28.1. The Kier molecular flexibility index (Phi) is 6.61. The summed E-state index contributed by atoms with van der Waals surface area (Å²) in [5.74, 6) is 0. The van der Waals surface area contributed by atoms with E-state index >= 15 is 0 Å². The number of fused-ring (bicyclic) bond motifs is 7. The monoisotopic (exact) mass is 659 g/mol. The first-order valence-electron chi connectivity index (χ1n) is 16.6. The number of hydrogen-bond acceptors (Lipinski definition) is 3. The average molecular weight is 660 g/mol. The molecule has 2 aromatic heterocycles. The standard InChI is InChI=1S/C46H29NS2/c1-2-10-30(11-3-1)32-20-22-35-29-33(21-23-34(35)28-32)31-24-26-36(27-25-31)47(41-16-8-14-39-37-12-4-6-18-43(37)48-45(39)41)42-17-9-15-40-38-13-5-7-19-44(38)49-46(40)42/h1-29H. The molecule has 1 nitrogen and oxygen atoms in total. The maximum Gasteiger partial charge on any atom is 0.0640 e. The number of nitrogens with zero attached hydrogens (tertiary/aromatic N) is 1. The molecular weight excluding hydrogens is 631 g/mol. The summed E-state index contributed by atoms with van der Waals surface area (Å²) in [4.78, 5) is 2.48. The van der Waals surface area contributed by atoms with Crippen LogP contribution in [0, 0.1) is 0 Å². The third kappa shape index (κ3) is 4.74. The van der Waals surface area contributed by atoms with Crippen molar-refractivity contribution in [1.82, 2.24) is 0 Å². The molecule has 0 unspecified atom stereocenters. The van der Waals surface area contributed by atoms with Gasteiger partial charge in [0.15, 0.2) is 0 Å². The van der Waals surface area contributed by atoms with Crippen molar-refractivity contribution >= 4 is 90.9 Å². The van der Waals surface area contributed by atoms with E-state index in [1.165, 1.54) is 84.7 Å².